The van der Waals surface area contributed by atoms with Crippen LogP contribution < -0.4 is 0 Å². The molecule has 1 aliphatic carbocycles. The van der Waals surface area contributed by atoms with Crippen molar-refractivity contribution in [1.29, 1.82) is 0 Å². The number of hydrogen-bond acceptors (Lipinski definition) is 3. The third-order valence-corrected chi connectivity index (χ3v) is 3.78. The van der Waals surface area contributed by atoms with Gasteiger partial charge < -0.3 is 0 Å². The minimum absolute atomic E-state index is 0.493. The fourth-order valence-electron chi connectivity index (χ4n) is 2.64. The topological polar surface area (TPSA) is 43.1 Å². The van der Waals surface area contributed by atoms with E-state index in [2.05, 4.69) is 15.2 Å². The van der Waals surface area contributed by atoms with Gasteiger partial charge in [-0.1, -0.05) is 37.3 Å². The van der Waals surface area contributed by atoms with E-state index in [1.54, 1.807) is 12.4 Å². The Hall–Kier alpha value is -1.16. The first-order valence-corrected chi connectivity index (χ1v) is 6.58. The predicted octanol–water partition coefficient (Wildman–Crippen LogP) is 3.22. The van der Waals surface area contributed by atoms with Gasteiger partial charge in [-0.2, -0.15) is 0 Å². The van der Waals surface area contributed by atoms with Crippen LogP contribution in [-0.4, -0.2) is 19.6 Å². The van der Waals surface area contributed by atoms with E-state index in [1.807, 2.05) is 4.40 Å². The van der Waals surface area contributed by atoms with Gasteiger partial charge in [-0.25, -0.2) is 0 Å². The maximum Gasteiger partial charge on any atom is 0.180 e. The van der Waals surface area contributed by atoms with Gasteiger partial charge in [0.2, 0.25) is 0 Å². The second-order valence-corrected chi connectivity index (χ2v) is 5.06. The Morgan fingerprint density at radius 1 is 1.06 bits per heavy atom. The summed E-state index contributed by atoms with van der Waals surface area (Å²) >= 11 is 6.18. The van der Waals surface area contributed by atoms with Gasteiger partial charge in [0.1, 0.15) is 11.0 Å². The first kappa shape index (κ1) is 11.0. The monoisotopic (exact) mass is 250 g/mol. The van der Waals surface area contributed by atoms with Crippen LogP contribution in [-0.2, 0) is 0 Å². The van der Waals surface area contributed by atoms with Crippen LogP contribution in [0.25, 0.3) is 5.65 Å². The van der Waals surface area contributed by atoms with E-state index in [9.17, 15) is 0 Å². The number of aromatic nitrogens is 4. The Bertz CT molecular complexity index is 514. The molecule has 17 heavy (non-hydrogen) atoms. The van der Waals surface area contributed by atoms with Gasteiger partial charge in [0.25, 0.3) is 0 Å². The molecule has 0 aromatic carbocycles. The fourth-order valence-corrected chi connectivity index (χ4v) is 2.87. The van der Waals surface area contributed by atoms with Crippen molar-refractivity contribution in [2.45, 2.75) is 44.4 Å². The van der Waals surface area contributed by atoms with Crippen LogP contribution in [0.4, 0.5) is 0 Å². The molecule has 0 saturated heterocycles. The molecule has 2 heterocycles. The maximum atomic E-state index is 6.18. The number of halogens is 1. The second-order valence-electron chi connectivity index (χ2n) is 4.67. The Labute approximate surface area is 105 Å². The Kier molecular flexibility index (Phi) is 2.97. The Morgan fingerprint density at radius 3 is 2.59 bits per heavy atom. The van der Waals surface area contributed by atoms with Crippen molar-refractivity contribution < 1.29 is 0 Å². The van der Waals surface area contributed by atoms with Gasteiger partial charge >= 0.3 is 0 Å². The van der Waals surface area contributed by atoms with Gasteiger partial charge in [-0.3, -0.25) is 9.38 Å². The molecule has 1 saturated carbocycles. The average Bonchev–Trinajstić information content (AvgIpc) is 2.59. The zero-order valence-corrected chi connectivity index (χ0v) is 10.4. The largest absolute Gasteiger partial charge is 0.266 e. The minimum atomic E-state index is 0.493. The van der Waals surface area contributed by atoms with Crippen molar-refractivity contribution in [3.63, 3.8) is 0 Å². The zero-order chi connectivity index (χ0) is 11.7. The summed E-state index contributed by atoms with van der Waals surface area (Å²) in [5.74, 6) is 1.50. The van der Waals surface area contributed by atoms with Crippen LogP contribution >= 0.6 is 11.6 Å². The van der Waals surface area contributed by atoms with E-state index in [1.165, 1.54) is 38.5 Å². The van der Waals surface area contributed by atoms with Crippen molar-refractivity contribution in [1.82, 2.24) is 19.6 Å². The van der Waals surface area contributed by atoms with Crippen molar-refractivity contribution in [3.05, 3.63) is 23.4 Å². The molecule has 2 aromatic rings. The molecule has 4 nitrogen and oxygen atoms in total. The lowest BCUT2D eigenvalue weighted by Gasteiger charge is -2.12. The van der Waals surface area contributed by atoms with Crippen LogP contribution in [0.1, 0.15) is 50.3 Å². The summed E-state index contributed by atoms with van der Waals surface area (Å²) in [7, 11) is 0. The molecule has 0 unspecified atom stereocenters. The molecule has 3 rings (SSSR count). The molecular formula is C12H15ClN4. The van der Waals surface area contributed by atoms with Crippen LogP contribution in [0.2, 0.25) is 5.15 Å². The highest BCUT2D eigenvalue weighted by molar-refractivity contribution is 6.29. The van der Waals surface area contributed by atoms with Crippen molar-refractivity contribution in [3.8, 4) is 0 Å². The third kappa shape index (κ3) is 2.02. The van der Waals surface area contributed by atoms with E-state index < -0.39 is 0 Å². The molecule has 2 aromatic heterocycles. The Balaban J connectivity index is 2.04. The Morgan fingerprint density at radius 2 is 1.82 bits per heavy atom. The minimum Gasteiger partial charge on any atom is -0.266 e. The SMILES string of the molecule is Clc1cncc2nnc(C3CCCCCC3)n12. The summed E-state index contributed by atoms with van der Waals surface area (Å²) in [4.78, 5) is 4.03. The second kappa shape index (κ2) is 4.61. The van der Waals surface area contributed by atoms with E-state index in [0.717, 1.165) is 11.5 Å². The smallest absolute Gasteiger partial charge is 0.180 e. The third-order valence-electron chi connectivity index (χ3n) is 3.52. The van der Waals surface area contributed by atoms with Gasteiger partial charge in [0, 0.05) is 5.92 Å². The van der Waals surface area contributed by atoms with Crippen LogP contribution in [0, 0.1) is 0 Å². The van der Waals surface area contributed by atoms with Crippen molar-refractivity contribution in [2.75, 3.05) is 0 Å². The predicted molar refractivity (Wildman–Crippen MR) is 66.2 cm³/mol. The first-order valence-electron chi connectivity index (χ1n) is 6.21. The van der Waals surface area contributed by atoms with Gasteiger partial charge in [-0.05, 0) is 12.8 Å². The number of fused-ring (bicyclic) bond motifs is 1. The molecule has 0 atom stereocenters. The van der Waals surface area contributed by atoms with Crippen molar-refractivity contribution in [2.24, 2.45) is 0 Å². The normalized spacial score (nSPS) is 18.4. The summed E-state index contributed by atoms with van der Waals surface area (Å²) < 4.78 is 1.94. The molecule has 5 heteroatoms. The van der Waals surface area contributed by atoms with Crippen LogP contribution in [0.15, 0.2) is 12.4 Å². The molecule has 0 N–H and O–H groups in total. The molecule has 0 spiro atoms. The summed E-state index contributed by atoms with van der Waals surface area (Å²) in [6.07, 6.45) is 11.0. The fraction of sp³-hybridized carbons (Fsp3) is 0.583. The van der Waals surface area contributed by atoms with E-state index >= 15 is 0 Å². The molecule has 1 fully saturated rings. The molecule has 0 aliphatic heterocycles. The lowest BCUT2D eigenvalue weighted by atomic mass is 10.00. The van der Waals surface area contributed by atoms with Gasteiger partial charge in [-0.15, -0.1) is 10.2 Å². The number of nitrogens with zero attached hydrogens (tertiary/aromatic N) is 4. The highest BCUT2D eigenvalue weighted by Gasteiger charge is 2.20. The number of rotatable bonds is 1. The highest BCUT2D eigenvalue weighted by Crippen LogP contribution is 2.31. The van der Waals surface area contributed by atoms with E-state index in [0.29, 0.717) is 11.1 Å². The van der Waals surface area contributed by atoms with Crippen molar-refractivity contribution >= 4 is 17.2 Å². The summed E-state index contributed by atoms with van der Waals surface area (Å²) in [6.45, 7) is 0. The standard InChI is InChI=1S/C12H15ClN4/c13-10-7-14-8-11-15-16-12(17(10)11)9-5-3-1-2-4-6-9/h7-9H,1-6H2. The van der Waals surface area contributed by atoms with Gasteiger partial charge in [0.15, 0.2) is 5.65 Å². The maximum absolute atomic E-state index is 6.18. The molecule has 90 valence electrons. The van der Waals surface area contributed by atoms with E-state index in [-0.39, 0.29) is 0 Å². The first-order chi connectivity index (χ1) is 8.36. The summed E-state index contributed by atoms with van der Waals surface area (Å²) in [5.41, 5.74) is 0.747. The molecule has 0 radical (unpaired) electrons. The van der Waals surface area contributed by atoms with Crippen LogP contribution in [0.3, 0.4) is 0 Å². The van der Waals surface area contributed by atoms with E-state index in [4.69, 9.17) is 11.6 Å². The highest BCUT2D eigenvalue weighted by atomic mass is 35.5. The van der Waals surface area contributed by atoms with Gasteiger partial charge in [0.05, 0.1) is 12.4 Å². The quantitative estimate of drug-likeness (QED) is 0.730. The average molecular weight is 251 g/mol. The molecule has 0 bridgehead atoms. The molecule has 0 amide bonds. The molecular weight excluding hydrogens is 236 g/mol. The molecule has 1 aliphatic rings. The van der Waals surface area contributed by atoms with Crippen LogP contribution in [0.5, 0.6) is 0 Å². The zero-order valence-electron chi connectivity index (χ0n) is 9.64. The number of hydrogen-bond donors (Lipinski definition) is 0. The summed E-state index contributed by atoms with van der Waals surface area (Å²) in [5, 5.41) is 9.06. The lowest BCUT2D eigenvalue weighted by Crippen LogP contribution is -2.04. The summed E-state index contributed by atoms with van der Waals surface area (Å²) in [6, 6.07) is 0. The lowest BCUT2D eigenvalue weighted by molar-refractivity contribution is 0.555.